The zero-order valence-corrected chi connectivity index (χ0v) is 12.2. The molecule has 0 bridgehead atoms. The van der Waals surface area contributed by atoms with Crippen LogP contribution in [0.3, 0.4) is 0 Å². The molecule has 1 heterocycles. The predicted octanol–water partition coefficient (Wildman–Crippen LogP) is 1.26. The van der Waals surface area contributed by atoms with E-state index in [2.05, 4.69) is 9.03 Å². The van der Waals surface area contributed by atoms with E-state index in [9.17, 15) is 0 Å². The monoisotopic (exact) mass is 282 g/mol. The van der Waals surface area contributed by atoms with Crippen LogP contribution in [0.15, 0.2) is 0 Å². The summed E-state index contributed by atoms with van der Waals surface area (Å²) in [4.78, 5) is 0. The second-order valence-electron chi connectivity index (χ2n) is 4.57. The summed E-state index contributed by atoms with van der Waals surface area (Å²) in [7, 11) is -1.81. The quantitative estimate of drug-likeness (QED) is 0.536. The molecule has 2 aliphatic rings. The molecule has 1 saturated carbocycles. The average molecular weight is 282 g/mol. The lowest BCUT2D eigenvalue weighted by atomic mass is 9.96. The lowest BCUT2D eigenvalue weighted by Gasteiger charge is -2.41. The number of thiol groups is 2. The van der Waals surface area contributed by atoms with E-state index in [0.29, 0.717) is 6.04 Å². The van der Waals surface area contributed by atoms with Gasteiger partial charge < -0.3 is 4.74 Å². The largest absolute Gasteiger partial charge is 0.379 e. The van der Waals surface area contributed by atoms with E-state index in [-0.39, 0.29) is 0 Å². The maximum absolute atomic E-state index is 5.68. The molecular formula is C10H22N2OS3. The molecule has 2 rings (SSSR count). The first-order valence-corrected chi connectivity index (χ1v) is 10.0. The summed E-state index contributed by atoms with van der Waals surface area (Å²) in [5.74, 6) is 0. The molecule has 16 heavy (non-hydrogen) atoms. The van der Waals surface area contributed by atoms with Gasteiger partial charge in [-0.05, 0) is 24.0 Å². The van der Waals surface area contributed by atoms with Gasteiger partial charge in [-0.1, -0.05) is 27.3 Å². The van der Waals surface area contributed by atoms with Crippen LogP contribution in [0.1, 0.15) is 32.1 Å². The molecule has 1 saturated heterocycles. The van der Waals surface area contributed by atoms with Crippen molar-refractivity contribution in [2.24, 2.45) is 0 Å². The van der Waals surface area contributed by atoms with Crippen molar-refractivity contribution in [3.05, 3.63) is 0 Å². The van der Waals surface area contributed by atoms with Crippen molar-refractivity contribution in [3.8, 4) is 0 Å². The smallest absolute Gasteiger partial charge is 0.0603 e. The van der Waals surface area contributed by atoms with Crippen molar-refractivity contribution < 1.29 is 4.74 Å². The van der Waals surface area contributed by atoms with Crippen molar-refractivity contribution in [2.45, 2.75) is 38.1 Å². The molecule has 0 aromatic carbocycles. The number of nitrogens with one attached hydrogen (secondary N) is 1. The van der Waals surface area contributed by atoms with Crippen molar-refractivity contribution in [3.63, 3.8) is 0 Å². The van der Waals surface area contributed by atoms with Crippen molar-refractivity contribution >= 4 is 30.8 Å². The average Bonchev–Trinajstić information content (AvgIpc) is 2.31. The molecule has 3 nitrogen and oxygen atoms in total. The third-order valence-electron chi connectivity index (χ3n) is 3.33. The second kappa shape index (κ2) is 6.11. The highest BCUT2D eigenvalue weighted by Gasteiger charge is 2.23. The van der Waals surface area contributed by atoms with Crippen LogP contribution in [-0.2, 0) is 23.9 Å². The van der Waals surface area contributed by atoms with Gasteiger partial charge >= 0.3 is 0 Å². The van der Waals surface area contributed by atoms with Gasteiger partial charge in [-0.25, -0.2) is 4.31 Å². The Morgan fingerprint density at radius 3 is 2.44 bits per heavy atom. The first kappa shape index (κ1) is 13.2. The van der Waals surface area contributed by atoms with E-state index >= 15 is 0 Å². The third-order valence-corrected chi connectivity index (χ3v) is 7.31. The van der Waals surface area contributed by atoms with Gasteiger partial charge in [0.05, 0.1) is 13.2 Å². The fraction of sp³-hybridized carbons (Fsp3) is 1.00. The Bertz CT molecular complexity index is 263. The van der Waals surface area contributed by atoms with Crippen molar-refractivity contribution in [2.75, 3.05) is 26.3 Å². The van der Waals surface area contributed by atoms with Crippen LogP contribution < -0.4 is 4.72 Å². The fourth-order valence-electron chi connectivity index (χ4n) is 2.38. The summed E-state index contributed by atoms with van der Waals surface area (Å²) in [6.45, 7) is 3.46. The Kier molecular flexibility index (Phi) is 5.05. The second-order valence-corrected chi connectivity index (χ2v) is 10.6. The summed E-state index contributed by atoms with van der Waals surface area (Å²) in [6, 6.07) is 0.597. The normalized spacial score (nSPS) is 26.8. The number of ether oxygens (including phenoxy) is 1. The molecule has 0 unspecified atom stereocenters. The molecular weight excluding hydrogens is 260 g/mol. The maximum atomic E-state index is 5.68. The summed E-state index contributed by atoms with van der Waals surface area (Å²) in [5.41, 5.74) is 0. The van der Waals surface area contributed by atoms with Gasteiger partial charge in [0.1, 0.15) is 0 Å². The van der Waals surface area contributed by atoms with Crippen LogP contribution in [0.25, 0.3) is 0 Å². The van der Waals surface area contributed by atoms with Gasteiger partial charge in [0.15, 0.2) is 0 Å². The van der Waals surface area contributed by atoms with Crippen LogP contribution >= 0.6 is 11.7 Å². The summed E-state index contributed by atoms with van der Waals surface area (Å²) >= 11 is 10.4. The van der Waals surface area contributed by atoms with E-state index in [1.54, 1.807) is 0 Å². The number of hydrogen-bond donors (Lipinski definition) is 3. The molecule has 0 radical (unpaired) electrons. The van der Waals surface area contributed by atoms with Crippen LogP contribution in [0, 0.1) is 0 Å². The minimum Gasteiger partial charge on any atom is -0.379 e. The Morgan fingerprint density at radius 2 is 1.81 bits per heavy atom. The van der Waals surface area contributed by atoms with E-state index < -0.39 is 7.99 Å². The topological polar surface area (TPSA) is 24.5 Å². The van der Waals surface area contributed by atoms with Crippen LogP contribution in [0.4, 0.5) is 0 Å². The summed E-state index contributed by atoms with van der Waals surface area (Å²) in [6.07, 6.45) is 6.59. The lowest BCUT2D eigenvalue weighted by Crippen LogP contribution is -2.50. The molecule has 6 heteroatoms. The summed E-state index contributed by atoms with van der Waals surface area (Å²) in [5, 5.41) is 0. The van der Waals surface area contributed by atoms with Gasteiger partial charge in [-0.3, -0.25) is 4.72 Å². The Hall–Kier alpha value is 0.800. The molecule has 0 aromatic heterocycles. The number of hydrogen-bond acceptors (Lipinski definition) is 2. The molecule has 1 N–H and O–H groups in total. The number of rotatable bonds is 3. The van der Waals surface area contributed by atoms with E-state index in [1.165, 1.54) is 32.1 Å². The highest BCUT2D eigenvalue weighted by atomic mass is 33.3. The van der Waals surface area contributed by atoms with Gasteiger partial charge in [0.25, 0.3) is 0 Å². The molecule has 2 fully saturated rings. The molecule has 1 aliphatic carbocycles. The SMILES string of the molecule is S=[SH](S)(NC1CCCCC1)N1CCOCC1. The Morgan fingerprint density at radius 1 is 1.19 bits per heavy atom. The standard InChI is InChI=1S/C10H22N2OS3/c14-16(15,12-6-8-13-9-7-12)11-10-4-2-1-3-5-10/h10,16H,1-9H2,(H2,11,14,15). The van der Waals surface area contributed by atoms with Gasteiger partial charge in [-0.15, -0.1) is 11.7 Å². The van der Waals surface area contributed by atoms with E-state index in [4.69, 9.17) is 27.6 Å². The highest BCUT2D eigenvalue weighted by Crippen LogP contribution is 2.23. The minimum atomic E-state index is -1.81. The first-order chi connectivity index (χ1) is 7.68. The predicted molar refractivity (Wildman–Crippen MR) is 77.5 cm³/mol. The van der Waals surface area contributed by atoms with Crippen LogP contribution in [0.2, 0.25) is 0 Å². The number of morpholine rings is 1. The van der Waals surface area contributed by atoms with Crippen molar-refractivity contribution in [1.29, 1.82) is 0 Å². The molecule has 96 valence electrons. The molecule has 0 aromatic rings. The molecule has 0 amide bonds. The van der Waals surface area contributed by atoms with Gasteiger partial charge in [0.2, 0.25) is 0 Å². The third kappa shape index (κ3) is 3.65. The maximum Gasteiger partial charge on any atom is 0.0603 e. The number of nitrogens with zero attached hydrogens (tertiary/aromatic N) is 1. The fourth-order valence-corrected chi connectivity index (χ4v) is 5.94. The molecule has 1 aliphatic heterocycles. The minimum absolute atomic E-state index is 0.597. The van der Waals surface area contributed by atoms with Crippen LogP contribution in [0.5, 0.6) is 0 Å². The Balaban J connectivity index is 1.87. The molecule has 0 spiro atoms. The summed E-state index contributed by atoms with van der Waals surface area (Å²) < 4.78 is 11.3. The van der Waals surface area contributed by atoms with E-state index in [0.717, 1.165) is 26.3 Å². The van der Waals surface area contributed by atoms with Gasteiger partial charge in [-0.2, -0.15) is 0 Å². The Labute approximate surface area is 109 Å². The zero-order chi connectivity index (χ0) is 11.4. The first-order valence-electron chi connectivity index (χ1n) is 6.12. The van der Waals surface area contributed by atoms with Crippen molar-refractivity contribution in [1.82, 2.24) is 9.03 Å². The highest BCUT2D eigenvalue weighted by molar-refractivity contribution is 8.82. The van der Waals surface area contributed by atoms with Crippen LogP contribution in [-0.4, -0.2) is 36.7 Å². The molecule has 0 atom stereocenters. The van der Waals surface area contributed by atoms with E-state index in [1.807, 2.05) is 0 Å². The zero-order valence-electron chi connectivity index (χ0n) is 9.60. The van der Waals surface area contributed by atoms with Gasteiger partial charge in [0, 0.05) is 19.1 Å². The lowest BCUT2D eigenvalue weighted by molar-refractivity contribution is 0.0759.